The minimum atomic E-state index is 0.489. The fraction of sp³-hybridized carbons (Fsp3) is 0.533. The predicted octanol–water partition coefficient (Wildman–Crippen LogP) is 3.40. The maximum atomic E-state index is 5.47. The summed E-state index contributed by atoms with van der Waals surface area (Å²) < 4.78 is 5.47. The number of thiazole rings is 1. The summed E-state index contributed by atoms with van der Waals surface area (Å²) in [4.78, 5) is 7.14. The van der Waals surface area contributed by atoms with Crippen LogP contribution >= 0.6 is 11.3 Å². The van der Waals surface area contributed by atoms with Gasteiger partial charge in [0.05, 0.1) is 18.5 Å². The molecule has 0 spiro atoms. The monoisotopic (exact) mass is 291 g/mol. The number of rotatable bonds is 7. The van der Waals surface area contributed by atoms with Gasteiger partial charge in [0.1, 0.15) is 5.76 Å². The number of nitrogens with one attached hydrogen (secondary N) is 1. The van der Waals surface area contributed by atoms with Crippen LogP contribution in [0.3, 0.4) is 0 Å². The van der Waals surface area contributed by atoms with E-state index in [0.29, 0.717) is 12.1 Å². The minimum Gasteiger partial charge on any atom is -0.467 e. The second kappa shape index (κ2) is 5.97. The van der Waals surface area contributed by atoms with Crippen molar-refractivity contribution in [2.75, 3.05) is 4.90 Å². The molecule has 5 heteroatoms. The Morgan fingerprint density at radius 1 is 1.50 bits per heavy atom. The van der Waals surface area contributed by atoms with Crippen LogP contribution < -0.4 is 10.2 Å². The number of furan rings is 1. The first kappa shape index (κ1) is 13.6. The van der Waals surface area contributed by atoms with Gasteiger partial charge < -0.3 is 14.6 Å². The fourth-order valence-electron chi connectivity index (χ4n) is 2.13. The van der Waals surface area contributed by atoms with Crippen molar-refractivity contribution in [1.82, 2.24) is 10.3 Å². The summed E-state index contributed by atoms with van der Waals surface area (Å²) in [6.07, 6.45) is 4.26. The first-order valence-corrected chi connectivity index (χ1v) is 8.07. The molecule has 2 heterocycles. The van der Waals surface area contributed by atoms with Crippen molar-refractivity contribution < 1.29 is 4.42 Å². The van der Waals surface area contributed by atoms with E-state index in [1.807, 2.05) is 12.1 Å². The molecule has 1 saturated carbocycles. The van der Waals surface area contributed by atoms with E-state index in [1.54, 1.807) is 17.6 Å². The Kier molecular flexibility index (Phi) is 4.08. The van der Waals surface area contributed by atoms with E-state index >= 15 is 0 Å². The molecule has 0 aromatic carbocycles. The standard InChI is InChI=1S/C15H21N3OS/c1-11(2)16-8-12-10-20-15(17-12)18(13-5-6-13)9-14-4-3-7-19-14/h3-4,7,10-11,13,16H,5-6,8-9H2,1-2H3. The maximum Gasteiger partial charge on any atom is 0.186 e. The number of nitrogens with zero attached hydrogens (tertiary/aromatic N) is 2. The van der Waals surface area contributed by atoms with Crippen LogP contribution in [0.15, 0.2) is 28.2 Å². The van der Waals surface area contributed by atoms with Gasteiger partial charge >= 0.3 is 0 Å². The molecule has 0 atom stereocenters. The Hall–Kier alpha value is -1.33. The number of aromatic nitrogens is 1. The molecule has 0 bridgehead atoms. The van der Waals surface area contributed by atoms with Gasteiger partial charge in [-0.2, -0.15) is 0 Å². The van der Waals surface area contributed by atoms with E-state index in [9.17, 15) is 0 Å². The first-order valence-electron chi connectivity index (χ1n) is 7.19. The third-order valence-corrected chi connectivity index (χ3v) is 4.30. The molecule has 1 fully saturated rings. The van der Waals surface area contributed by atoms with Gasteiger partial charge in [0, 0.05) is 24.0 Å². The highest BCUT2D eigenvalue weighted by Gasteiger charge is 2.31. The minimum absolute atomic E-state index is 0.489. The lowest BCUT2D eigenvalue weighted by Gasteiger charge is -2.20. The van der Waals surface area contributed by atoms with E-state index in [0.717, 1.165) is 29.7 Å². The highest BCUT2D eigenvalue weighted by Crippen LogP contribution is 2.34. The highest BCUT2D eigenvalue weighted by molar-refractivity contribution is 7.13. The number of anilines is 1. The lowest BCUT2D eigenvalue weighted by atomic mass is 10.3. The third-order valence-electron chi connectivity index (χ3n) is 3.37. The summed E-state index contributed by atoms with van der Waals surface area (Å²) in [6.45, 7) is 5.97. The van der Waals surface area contributed by atoms with E-state index < -0.39 is 0 Å². The van der Waals surface area contributed by atoms with Crippen LogP contribution in [0.4, 0.5) is 5.13 Å². The Balaban J connectivity index is 1.68. The Morgan fingerprint density at radius 3 is 3.00 bits per heavy atom. The molecule has 1 aliphatic rings. The van der Waals surface area contributed by atoms with Crippen LogP contribution in [0.1, 0.15) is 38.1 Å². The van der Waals surface area contributed by atoms with Crippen molar-refractivity contribution in [1.29, 1.82) is 0 Å². The van der Waals surface area contributed by atoms with Gasteiger partial charge in [-0.05, 0) is 25.0 Å². The lowest BCUT2D eigenvalue weighted by Crippen LogP contribution is -2.25. The van der Waals surface area contributed by atoms with Gasteiger partial charge in [-0.25, -0.2) is 4.98 Å². The van der Waals surface area contributed by atoms with E-state index in [-0.39, 0.29) is 0 Å². The predicted molar refractivity (Wildman–Crippen MR) is 82.0 cm³/mol. The van der Waals surface area contributed by atoms with Crippen LogP contribution in [-0.4, -0.2) is 17.1 Å². The average molecular weight is 291 g/mol. The zero-order valence-corrected chi connectivity index (χ0v) is 12.8. The molecule has 20 heavy (non-hydrogen) atoms. The summed E-state index contributed by atoms with van der Waals surface area (Å²) in [6, 6.07) is 5.10. The van der Waals surface area contributed by atoms with Crippen molar-refractivity contribution in [2.45, 2.75) is 51.9 Å². The Bertz CT molecular complexity index is 531. The molecular formula is C15H21N3OS. The summed E-state index contributed by atoms with van der Waals surface area (Å²) >= 11 is 1.73. The molecular weight excluding hydrogens is 270 g/mol. The summed E-state index contributed by atoms with van der Waals surface area (Å²) in [5.41, 5.74) is 1.13. The normalized spacial score (nSPS) is 14.9. The van der Waals surface area contributed by atoms with Crippen LogP contribution in [0, 0.1) is 0 Å². The van der Waals surface area contributed by atoms with Gasteiger partial charge in [-0.1, -0.05) is 13.8 Å². The zero-order chi connectivity index (χ0) is 13.9. The van der Waals surface area contributed by atoms with Gasteiger partial charge in [0.15, 0.2) is 5.13 Å². The molecule has 1 aliphatic carbocycles. The van der Waals surface area contributed by atoms with Crippen LogP contribution in [0.5, 0.6) is 0 Å². The second-order valence-electron chi connectivity index (χ2n) is 5.60. The smallest absolute Gasteiger partial charge is 0.186 e. The number of hydrogen-bond donors (Lipinski definition) is 1. The van der Waals surface area contributed by atoms with Crippen molar-refractivity contribution in [2.24, 2.45) is 0 Å². The molecule has 0 amide bonds. The SMILES string of the molecule is CC(C)NCc1csc(N(Cc2ccco2)C2CC2)n1. The Morgan fingerprint density at radius 2 is 2.35 bits per heavy atom. The maximum absolute atomic E-state index is 5.47. The van der Waals surface area contributed by atoms with Crippen molar-refractivity contribution in [3.63, 3.8) is 0 Å². The first-order chi connectivity index (χ1) is 9.72. The zero-order valence-electron chi connectivity index (χ0n) is 12.0. The molecule has 0 unspecified atom stereocenters. The molecule has 0 radical (unpaired) electrons. The van der Waals surface area contributed by atoms with E-state index in [1.165, 1.54) is 12.8 Å². The van der Waals surface area contributed by atoms with Gasteiger partial charge in [-0.3, -0.25) is 0 Å². The molecule has 1 N–H and O–H groups in total. The fourth-order valence-corrected chi connectivity index (χ4v) is 3.02. The molecule has 108 valence electrons. The highest BCUT2D eigenvalue weighted by atomic mass is 32.1. The van der Waals surface area contributed by atoms with Crippen LogP contribution in [0.25, 0.3) is 0 Å². The summed E-state index contributed by atoms with van der Waals surface area (Å²) in [5.74, 6) is 1.01. The largest absolute Gasteiger partial charge is 0.467 e. The van der Waals surface area contributed by atoms with Gasteiger partial charge in [0.2, 0.25) is 0 Å². The van der Waals surface area contributed by atoms with Crippen molar-refractivity contribution in [3.05, 3.63) is 35.2 Å². The van der Waals surface area contributed by atoms with Crippen LogP contribution in [0.2, 0.25) is 0 Å². The van der Waals surface area contributed by atoms with Gasteiger partial charge in [-0.15, -0.1) is 11.3 Å². The molecule has 2 aromatic heterocycles. The second-order valence-corrected chi connectivity index (χ2v) is 6.43. The molecule has 0 saturated heterocycles. The molecule has 3 rings (SSSR count). The van der Waals surface area contributed by atoms with E-state index in [2.05, 4.69) is 29.4 Å². The summed E-state index contributed by atoms with van der Waals surface area (Å²) in [7, 11) is 0. The third kappa shape index (κ3) is 3.41. The molecule has 4 nitrogen and oxygen atoms in total. The topological polar surface area (TPSA) is 41.3 Å². The molecule has 2 aromatic rings. The average Bonchev–Trinajstić information content (AvgIpc) is 2.95. The van der Waals surface area contributed by atoms with Crippen molar-refractivity contribution in [3.8, 4) is 0 Å². The molecule has 0 aliphatic heterocycles. The van der Waals surface area contributed by atoms with E-state index in [4.69, 9.17) is 9.40 Å². The quantitative estimate of drug-likeness (QED) is 0.849. The van der Waals surface area contributed by atoms with Crippen molar-refractivity contribution >= 4 is 16.5 Å². The van der Waals surface area contributed by atoms with Crippen LogP contribution in [-0.2, 0) is 13.1 Å². The lowest BCUT2D eigenvalue weighted by molar-refractivity contribution is 0.501. The summed E-state index contributed by atoms with van der Waals surface area (Å²) in [5, 5.41) is 6.68. The Labute approximate surface area is 123 Å². The number of hydrogen-bond acceptors (Lipinski definition) is 5. The van der Waals surface area contributed by atoms with Gasteiger partial charge in [0.25, 0.3) is 0 Å².